The van der Waals surface area contributed by atoms with Gasteiger partial charge < -0.3 is 11.1 Å². The summed E-state index contributed by atoms with van der Waals surface area (Å²) in [5.74, 6) is 0.409. The standard InChI is InChI=1S/C14H26N2O/c1-12(2)10(13(12,3)4)11(17)16-9-14(5-6-14)7-8-15/h10H,5-9,15H2,1-4H3,(H,16,17). The second kappa shape index (κ2) is 3.71. The Morgan fingerprint density at radius 2 is 1.76 bits per heavy atom. The highest BCUT2D eigenvalue weighted by molar-refractivity contribution is 5.84. The molecule has 0 bridgehead atoms. The zero-order valence-electron chi connectivity index (χ0n) is 11.6. The van der Waals surface area contributed by atoms with Crippen molar-refractivity contribution in [1.82, 2.24) is 5.32 Å². The molecule has 3 N–H and O–H groups in total. The fourth-order valence-electron chi connectivity index (χ4n) is 3.23. The number of rotatable bonds is 5. The van der Waals surface area contributed by atoms with E-state index in [1.165, 1.54) is 12.8 Å². The van der Waals surface area contributed by atoms with Crippen LogP contribution >= 0.6 is 0 Å². The maximum absolute atomic E-state index is 12.2. The van der Waals surface area contributed by atoms with Gasteiger partial charge in [-0.05, 0) is 42.1 Å². The van der Waals surface area contributed by atoms with Crippen LogP contribution in [0, 0.1) is 22.2 Å². The van der Waals surface area contributed by atoms with E-state index in [0.29, 0.717) is 5.41 Å². The minimum atomic E-state index is 0.141. The average Bonchev–Trinajstić information content (AvgIpc) is 3.03. The SMILES string of the molecule is CC1(C)C(C(=O)NCC2(CCN)CC2)C1(C)C. The Bertz CT molecular complexity index is 315. The maximum atomic E-state index is 12.2. The predicted molar refractivity (Wildman–Crippen MR) is 69.4 cm³/mol. The quantitative estimate of drug-likeness (QED) is 0.769. The Hall–Kier alpha value is -0.570. The summed E-state index contributed by atoms with van der Waals surface area (Å²) in [6.45, 7) is 10.3. The third kappa shape index (κ3) is 1.99. The maximum Gasteiger partial charge on any atom is 0.224 e. The van der Waals surface area contributed by atoms with Gasteiger partial charge in [-0.15, -0.1) is 0 Å². The highest BCUT2D eigenvalue weighted by Gasteiger charge is 2.68. The van der Waals surface area contributed by atoms with Gasteiger partial charge in [0.1, 0.15) is 0 Å². The van der Waals surface area contributed by atoms with Crippen molar-refractivity contribution in [2.75, 3.05) is 13.1 Å². The summed E-state index contributed by atoms with van der Waals surface area (Å²) in [5.41, 5.74) is 6.23. The average molecular weight is 238 g/mol. The Kier molecular flexibility index (Phi) is 2.81. The molecule has 2 aliphatic carbocycles. The smallest absolute Gasteiger partial charge is 0.224 e. The van der Waals surface area contributed by atoms with Crippen LogP contribution < -0.4 is 11.1 Å². The van der Waals surface area contributed by atoms with Gasteiger partial charge in [-0.25, -0.2) is 0 Å². The lowest BCUT2D eigenvalue weighted by Crippen LogP contribution is -2.33. The van der Waals surface area contributed by atoms with E-state index >= 15 is 0 Å². The number of nitrogens with two attached hydrogens (primary N) is 1. The lowest BCUT2D eigenvalue weighted by Gasteiger charge is -2.15. The van der Waals surface area contributed by atoms with Crippen molar-refractivity contribution in [1.29, 1.82) is 0 Å². The van der Waals surface area contributed by atoms with Crippen LogP contribution in [0.15, 0.2) is 0 Å². The van der Waals surface area contributed by atoms with Gasteiger partial charge in [0.2, 0.25) is 5.91 Å². The van der Waals surface area contributed by atoms with Crippen molar-refractivity contribution < 1.29 is 4.79 Å². The predicted octanol–water partition coefficient (Wildman–Crippen LogP) is 1.91. The number of nitrogens with one attached hydrogen (secondary N) is 1. The van der Waals surface area contributed by atoms with E-state index in [-0.39, 0.29) is 22.7 Å². The highest BCUT2D eigenvalue weighted by Crippen LogP contribution is 2.68. The van der Waals surface area contributed by atoms with Crippen LogP contribution in [0.3, 0.4) is 0 Å². The third-order valence-electron chi connectivity index (χ3n) is 5.55. The van der Waals surface area contributed by atoms with E-state index in [9.17, 15) is 4.79 Å². The Balaban J connectivity index is 1.84. The van der Waals surface area contributed by atoms with Gasteiger partial charge in [0, 0.05) is 12.5 Å². The molecule has 0 spiro atoms. The molecular weight excluding hydrogens is 212 g/mol. The fraction of sp³-hybridized carbons (Fsp3) is 0.929. The Morgan fingerprint density at radius 3 is 2.12 bits per heavy atom. The molecule has 1 amide bonds. The van der Waals surface area contributed by atoms with Crippen molar-refractivity contribution in [2.24, 2.45) is 27.9 Å². The van der Waals surface area contributed by atoms with Crippen LogP contribution in [-0.4, -0.2) is 19.0 Å². The van der Waals surface area contributed by atoms with Gasteiger partial charge >= 0.3 is 0 Å². The van der Waals surface area contributed by atoms with Gasteiger partial charge in [0.25, 0.3) is 0 Å². The molecule has 2 aliphatic rings. The molecule has 0 radical (unpaired) electrons. The number of hydrogen-bond donors (Lipinski definition) is 2. The summed E-state index contributed by atoms with van der Waals surface area (Å²) < 4.78 is 0. The van der Waals surface area contributed by atoms with Crippen molar-refractivity contribution in [2.45, 2.75) is 47.0 Å². The molecule has 2 fully saturated rings. The molecule has 0 unspecified atom stereocenters. The molecule has 0 aromatic carbocycles. The van der Waals surface area contributed by atoms with Crippen LogP contribution in [0.25, 0.3) is 0 Å². The second-order valence-electron chi connectivity index (χ2n) is 7.13. The number of amides is 1. The van der Waals surface area contributed by atoms with Crippen LogP contribution in [0.2, 0.25) is 0 Å². The van der Waals surface area contributed by atoms with Gasteiger partial charge in [-0.3, -0.25) is 4.79 Å². The number of carbonyl (C=O) groups excluding carboxylic acids is 1. The van der Waals surface area contributed by atoms with Gasteiger partial charge in [-0.2, -0.15) is 0 Å². The van der Waals surface area contributed by atoms with Gasteiger partial charge in [-0.1, -0.05) is 27.7 Å². The first-order valence-corrected chi connectivity index (χ1v) is 6.75. The molecule has 0 saturated heterocycles. The molecule has 0 aromatic rings. The van der Waals surface area contributed by atoms with E-state index in [2.05, 4.69) is 33.0 Å². The van der Waals surface area contributed by atoms with Crippen molar-refractivity contribution >= 4 is 5.91 Å². The Morgan fingerprint density at radius 1 is 1.24 bits per heavy atom. The molecule has 3 heteroatoms. The first kappa shape index (κ1) is 12.9. The van der Waals surface area contributed by atoms with E-state index in [1.807, 2.05) is 0 Å². The van der Waals surface area contributed by atoms with Gasteiger partial charge in [0.05, 0.1) is 0 Å². The van der Waals surface area contributed by atoms with Crippen LogP contribution in [-0.2, 0) is 4.79 Å². The molecule has 3 nitrogen and oxygen atoms in total. The number of carbonyl (C=O) groups is 1. The van der Waals surface area contributed by atoms with E-state index < -0.39 is 0 Å². The first-order valence-electron chi connectivity index (χ1n) is 6.75. The minimum Gasteiger partial charge on any atom is -0.355 e. The molecule has 17 heavy (non-hydrogen) atoms. The fourth-order valence-corrected chi connectivity index (χ4v) is 3.23. The molecule has 2 rings (SSSR count). The summed E-state index contributed by atoms with van der Waals surface area (Å²) in [6, 6.07) is 0. The summed E-state index contributed by atoms with van der Waals surface area (Å²) in [4.78, 5) is 12.2. The van der Waals surface area contributed by atoms with Crippen LogP contribution in [0.1, 0.15) is 47.0 Å². The van der Waals surface area contributed by atoms with Crippen LogP contribution in [0.5, 0.6) is 0 Å². The second-order valence-corrected chi connectivity index (χ2v) is 7.13. The molecular formula is C14H26N2O. The minimum absolute atomic E-state index is 0.141. The molecule has 0 atom stereocenters. The zero-order valence-corrected chi connectivity index (χ0v) is 11.6. The van der Waals surface area contributed by atoms with E-state index in [0.717, 1.165) is 19.5 Å². The van der Waals surface area contributed by atoms with Crippen molar-refractivity contribution in [3.63, 3.8) is 0 Å². The number of hydrogen-bond acceptors (Lipinski definition) is 2. The zero-order chi connectivity index (χ0) is 12.9. The van der Waals surface area contributed by atoms with Crippen molar-refractivity contribution in [3.8, 4) is 0 Å². The topological polar surface area (TPSA) is 55.1 Å². The molecule has 0 aromatic heterocycles. The van der Waals surface area contributed by atoms with Crippen LogP contribution in [0.4, 0.5) is 0 Å². The van der Waals surface area contributed by atoms with E-state index in [4.69, 9.17) is 5.73 Å². The molecule has 98 valence electrons. The molecule has 0 heterocycles. The molecule has 2 saturated carbocycles. The first-order chi connectivity index (χ1) is 7.77. The largest absolute Gasteiger partial charge is 0.355 e. The third-order valence-corrected chi connectivity index (χ3v) is 5.55. The Labute approximate surface area is 105 Å². The lowest BCUT2D eigenvalue weighted by molar-refractivity contribution is -0.123. The summed E-state index contributed by atoms with van der Waals surface area (Å²) in [7, 11) is 0. The summed E-state index contributed by atoms with van der Waals surface area (Å²) >= 11 is 0. The normalized spacial score (nSPS) is 27.6. The van der Waals surface area contributed by atoms with E-state index in [1.54, 1.807) is 0 Å². The van der Waals surface area contributed by atoms with Crippen molar-refractivity contribution in [3.05, 3.63) is 0 Å². The monoisotopic (exact) mass is 238 g/mol. The lowest BCUT2D eigenvalue weighted by atomic mass is 10.0. The summed E-state index contributed by atoms with van der Waals surface area (Å²) in [5, 5.41) is 3.15. The summed E-state index contributed by atoms with van der Waals surface area (Å²) in [6.07, 6.45) is 3.49. The van der Waals surface area contributed by atoms with Gasteiger partial charge in [0.15, 0.2) is 0 Å². The molecule has 0 aliphatic heterocycles. The highest BCUT2D eigenvalue weighted by atomic mass is 16.2.